The van der Waals surface area contributed by atoms with Gasteiger partial charge in [0.05, 0.1) is 15.8 Å². The number of benzene rings is 2. The molecule has 2 aromatic rings. The fourth-order valence-corrected chi connectivity index (χ4v) is 3.61. The summed E-state index contributed by atoms with van der Waals surface area (Å²) in [6, 6.07) is 14.3. The van der Waals surface area contributed by atoms with Crippen molar-refractivity contribution in [2.75, 3.05) is 12.3 Å². The molecular weight excluding hydrogens is 403 g/mol. The Kier molecular flexibility index (Phi) is 8.48. The van der Waals surface area contributed by atoms with Crippen LogP contribution in [0, 0.1) is 0 Å². The van der Waals surface area contributed by atoms with Crippen LogP contribution in [0.5, 0.6) is 0 Å². The lowest BCUT2D eigenvalue weighted by atomic mass is 10.1. The van der Waals surface area contributed by atoms with E-state index in [-0.39, 0.29) is 24.1 Å². The number of hydrogen-bond donors (Lipinski definition) is 1. The van der Waals surface area contributed by atoms with Crippen molar-refractivity contribution < 1.29 is 9.59 Å². The Hall–Kier alpha value is -1.69. The lowest BCUT2D eigenvalue weighted by Gasteiger charge is -2.28. The first-order valence-corrected chi connectivity index (χ1v) is 10.4. The topological polar surface area (TPSA) is 49.4 Å². The monoisotopic (exact) mass is 424 g/mol. The standard InChI is InChI=1S/C20H22Cl2N2O2S/c1-3-23-20(26)14(2)24(12-15-9-10-17(21)18(22)11-15)19(25)13-27-16-7-5-4-6-8-16/h4-11,14H,3,12-13H2,1-2H3,(H,23,26)/t14-/m0/s1. The van der Waals surface area contributed by atoms with Crippen LogP contribution in [-0.4, -0.2) is 35.1 Å². The molecule has 2 amide bonds. The molecule has 0 bridgehead atoms. The number of nitrogens with one attached hydrogen (secondary N) is 1. The van der Waals surface area contributed by atoms with E-state index in [4.69, 9.17) is 23.2 Å². The van der Waals surface area contributed by atoms with Gasteiger partial charge in [-0.25, -0.2) is 0 Å². The Labute approximate surface area is 174 Å². The highest BCUT2D eigenvalue weighted by atomic mass is 35.5. The van der Waals surface area contributed by atoms with E-state index >= 15 is 0 Å². The van der Waals surface area contributed by atoms with Gasteiger partial charge in [-0.3, -0.25) is 9.59 Å². The van der Waals surface area contributed by atoms with Gasteiger partial charge in [-0.2, -0.15) is 0 Å². The first-order valence-electron chi connectivity index (χ1n) is 8.61. The number of likely N-dealkylation sites (N-methyl/N-ethyl adjacent to an activating group) is 1. The van der Waals surface area contributed by atoms with E-state index in [0.717, 1.165) is 10.5 Å². The predicted octanol–water partition coefficient (Wildman–Crippen LogP) is 4.64. The molecule has 0 unspecified atom stereocenters. The quantitative estimate of drug-likeness (QED) is 0.627. The van der Waals surface area contributed by atoms with Crippen LogP contribution in [0.2, 0.25) is 10.0 Å². The van der Waals surface area contributed by atoms with Gasteiger partial charge < -0.3 is 10.2 Å². The van der Waals surface area contributed by atoms with Crippen molar-refractivity contribution in [2.45, 2.75) is 31.3 Å². The average Bonchev–Trinajstić information content (AvgIpc) is 2.67. The van der Waals surface area contributed by atoms with Crippen LogP contribution in [0.4, 0.5) is 0 Å². The molecule has 0 saturated carbocycles. The summed E-state index contributed by atoms with van der Waals surface area (Å²) in [7, 11) is 0. The van der Waals surface area contributed by atoms with Crippen molar-refractivity contribution in [3.05, 3.63) is 64.1 Å². The highest BCUT2D eigenvalue weighted by molar-refractivity contribution is 8.00. The molecular formula is C20H22Cl2N2O2S. The van der Waals surface area contributed by atoms with Gasteiger partial charge in [0.2, 0.25) is 11.8 Å². The van der Waals surface area contributed by atoms with E-state index in [1.807, 2.05) is 43.3 Å². The molecule has 7 heteroatoms. The van der Waals surface area contributed by atoms with Crippen LogP contribution < -0.4 is 5.32 Å². The summed E-state index contributed by atoms with van der Waals surface area (Å²) < 4.78 is 0. The molecule has 0 heterocycles. The summed E-state index contributed by atoms with van der Waals surface area (Å²) in [6.07, 6.45) is 0. The van der Waals surface area contributed by atoms with Crippen molar-refractivity contribution in [3.63, 3.8) is 0 Å². The summed E-state index contributed by atoms with van der Waals surface area (Å²) >= 11 is 13.5. The molecule has 0 radical (unpaired) electrons. The van der Waals surface area contributed by atoms with Crippen LogP contribution in [0.3, 0.4) is 0 Å². The third kappa shape index (κ3) is 6.45. The summed E-state index contributed by atoms with van der Waals surface area (Å²) in [5.41, 5.74) is 0.818. The number of rotatable bonds is 8. The predicted molar refractivity (Wildman–Crippen MR) is 112 cm³/mol. The lowest BCUT2D eigenvalue weighted by molar-refractivity contribution is -0.138. The van der Waals surface area contributed by atoms with Gasteiger partial charge in [-0.1, -0.05) is 47.5 Å². The summed E-state index contributed by atoms with van der Waals surface area (Å²) in [5.74, 6) is -0.0565. The first kappa shape index (κ1) is 21.6. The van der Waals surface area contributed by atoms with Gasteiger partial charge in [0.15, 0.2) is 0 Å². The lowest BCUT2D eigenvalue weighted by Crippen LogP contribution is -2.48. The van der Waals surface area contributed by atoms with Crippen molar-refractivity contribution in [1.29, 1.82) is 0 Å². The first-order chi connectivity index (χ1) is 12.9. The number of nitrogens with zero attached hydrogens (tertiary/aromatic N) is 1. The third-order valence-corrected chi connectivity index (χ3v) is 5.70. The Morgan fingerprint density at radius 1 is 1.11 bits per heavy atom. The maximum atomic E-state index is 12.9. The van der Waals surface area contributed by atoms with Crippen LogP contribution in [0.25, 0.3) is 0 Å². The van der Waals surface area contributed by atoms with E-state index in [1.54, 1.807) is 24.0 Å². The largest absolute Gasteiger partial charge is 0.355 e. The second kappa shape index (κ2) is 10.6. The Balaban J connectivity index is 2.15. The van der Waals surface area contributed by atoms with Gasteiger partial charge in [0, 0.05) is 18.0 Å². The van der Waals surface area contributed by atoms with Gasteiger partial charge in [-0.05, 0) is 43.7 Å². The molecule has 2 aromatic carbocycles. The van der Waals surface area contributed by atoms with E-state index in [0.29, 0.717) is 16.6 Å². The van der Waals surface area contributed by atoms with Crippen LogP contribution >= 0.6 is 35.0 Å². The number of thioether (sulfide) groups is 1. The Morgan fingerprint density at radius 2 is 1.81 bits per heavy atom. The van der Waals surface area contributed by atoms with Crippen molar-refractivity contribution in [2.24, 2.45) is 0 Å². The van der Waals surface area contributed by atoms with E-state index in [9.17, 15) is 9.59 Å². The number of carbonyl (C=O) groups is 2. The molecule has 0 fully saturated rings. The second-order valence-corrected chi connectivity index (χ2v) is 7.81. The molecule has 0 aromatic heterocycles. The van der Waals surface area contributed by atoms with E-state index in [2.05, 4.69) is 5.32 Å². The van der Waals surface area contributed by atoms with Crippen LogP contribution in [0.15, 0.2) is 53.4 Å². The van der Waals surface area contributed by atoms with Gasteiger partial charge in [-0.15, -0.1) is 11.8 Å². The molecule has 0 saturated heterocycles. The maximum absolute atomic E-state index is 12.9. The second-order valence-electron chi connectivity index (χ2n) is 5.94. The molecule has 2 rings (SSSR count). The van der Waals surface area contributed by atoms with Gasteiger partial charge in [0.25, 0.3) is 0 Å². The highest BCUT2D eigenvalue weighted by Gasteiger charge is 2.26. The van der Waals surface area contributed by atoms with E-state index in [1.165, 1.54) is 11.8 Å². The minimum atomic E-state index is -0.594. The molecule has 144 valence electrons. The summed E-state index contributed by atoms with van der Waals surface area (Å²) in [5, 5.41) is 3.65. The van der Waals surface area contributed by atoms with Gasteiger partial charge >= 0.3 is 0 Å². The van der Waals surface area contributed by atoms with Crippen LogP contribution in [-0.2, 0) is 16.1 Å². The zero-order chi connectivity index (χ0) is 19.8. The molecule has 0 aliphatic carbocycles. The maximum Gasteiger partial charge on any atom is 0.242 e. The Morgan fingerprint density at radius 3 is 2.44 bits per heavy atom. The minimum absolute atomic E-state index is 0.117. The SMILES string of the molecule is CCNC(=O)[C@H](C)N(Cc1ccc(Cl)c(Cl)c1)C(=O)CSc1ccccc1. The fourth-order valence-electron chi connectivity index (χ4n) is 2.48. The summed E-state index contributed by atoms with van der Waals surface area (Å²) in [4.78, 5) is 27.8. The van der Waals surface area contributed by atoms with Gasteiger partial charge in [0.1, 0.15) is 6.04 Å². The zero-order valence-electron chi connectivity index (χ0n) is 15.2. The van der Waals surface area contributed by atoms with Crippen LogP contribution in [0.1, 0.15) is 19.4 Å². The molecule has 27 heavy (non-hydrogen) atoms. The van der Waals surface area contributed by atoms with E-state index < -0.39 is 6.04 Å². The van der Waals surface area contributed by atoms with Crippen molar-refractivity contribution in [3.8, 4) is 0 Å². The average molecular weight is 425 g/mol. The fraction of sp³-hybridized carbons (Fsp3) is 0.300. The highest BCUT2D eigenvalue weighted by Crippen LogP contribution is 2.24. The minimum Gasteiger partial charge on any atom is -0.355 e. The number of carbonyl (C=O) groups excluding carboxylic acids is 2. The Bertz CT molecular complexity index is 787. The molecule has 4 nitrogen and oxygen atoms in total. The molecule has 1 N–H and O–H groups in total. The molecule has 1 atom stereocenters. The number of amides is 2. The van der Waals surface area contributed by atoms with Crippen molar-refractivity contribution >= 4 is 46.8 Å². The number of halogens is 2. The molecule has 0 aliphatic rings. The zero-order valence-corrected chi connectivity index (χ0v) is 17.6. The number of hydrogen-bond acceptors (Lipinski definition) is 3. The molecule has 0 aliphatic heterocycles. The normalized spacial score (nSPS) is 11.7. The summed E-state index contributed by atoms with van der Waals surface area (Å²) in [6.45, 7) is 4.37. The smallest absolute Gasteiger partial charge is 0.242 e. The van der Waals surface area contributed by atoms with Crippen molar-refractivity contribution in [1.82, 2.24) is 10.2 Å². The third-order valence-electron chi connectivity index (χ3n) is 3.96. The molecule has 0 spiro atoms.